The molecule has 3 rings (SSSR count). The molecule has 1 aliphatic carbocycles. The van der Waals surface area contributed by atoms with Crippen molar-refractivity contribution in [3.8, 4) is 0 Å². The van der Waals surface area contributed by atoms with Crippen LogP contribution >= 0.6 is 0 Å². The number of carbonyl (C=O) groups excluding carboxylic acids is 1. The predicted octanol–water partition coefficient (Wildman–Crippen LogP) is 3.39. The minimum atomic E-state index is -0.243. The lowest BCUT2D eigenvalue weighted by atomic mass is 10.00. The number of aromatic amines is 1. The Kier molecular flexibility index (Phi) is 4.13. The van der Waals surface area contributed by atoms with Crippen LogP contribution in [-0.4, -0.2) is 16.1 Å². The number of nitrogens with one attached hydrogen (secondary N) is 2. The summed E-state index contributed by atoms with van der Waals surface area (Å²) < 4.78 is 0. The molecular formula is C17H22N4O. The fourth-order valence-corrected chi connectivity index (χ4v) is 3.02. The summed E-state index contributed by atoms with van der Waals surface area (Å²) in [5.74, 6) is 0.864. The van der Waals surface area contributed by atoms with Crippen molar-refractivity contribution in [2.75, 3.05) is 11.1 Å². The minimum absolute atomic E-state index is 0.0609. The lowest BCUT2D eigenvalue weighted by Gasteiger charge is -2.11. The molecule has 2 aromatic rings. The van der Waals surface area contributed by atoms with Gasteiger partial charge in [0.1, 0.15) is 0 Å². The van der Waals surface area contributed by atoms with Crippen LogP contribution in [-0.2, 0) is 4.79 Å². The van der Waals surface area contributed by atoms with Crippen molar-refractivity contribution >= 4 is 17.4 Å². The van der Waals surface area contributed by atoms with Gasteiger partial charge in [-0.25, -0.2) is 0 Å². The number of nitrogens with zero attached hydrogens (tertiary/aromatic N) is 1. The van der Waals surface area contributed by atoms with E-state index in [1.807, 2.05) is 37.3 Å². The summed E-state index contributed by atoms with van der Waals surface area (Å²) >= 11 is 0. The fourth-order valence-electron chi connectivity index (χ4n) is 3.02. The molecule has 1 heterocycles. The normalized spacial score (nSPS) is 16.6. The number of carbonyl (C=O) groups is 1. The average molecular weight is 298 g/mol. The lowest BCUT2D eigenvalue weighted by molar-refractivity contribution is -0.117. The molecule has 0 spiro atoms. The maximum absolute atomic E-state index is 12.3. The zero-order valence-corrected chi connectivity index (χ0v) is 12.8. The van der Waals surface area contributed by atoms with Crippen LogP contribution < -0.4 is 11.1 Å². The number of amides is 1. The Morgan fingerprint density at radius 2 is 2.00 bits per heavy atom. The van der Waals surface area contributed by atoms with Gasteiger partial charge in [-0.2, -0.15) is 5.10 Å². The predicted molar refractivity (Wildman–Crippen MR) is 87.7 cm³/mol. The molecule has 0 radical (unpaired) electrons. The summed E-state index contributed by atoms with van der Waals surface area (Å²) in [7, 11) is 0. The van der Waals surface area contributed by atoms with E-state index in [-0.39, 0.29) is 11.8 Å². The summed E-state index contributed by atoms with van der Waals surface area (Å²) in [6, 6.07) is 9.35. The van der Waals surface area contributed by atoms with Crippen molar-refractivity contribution in [3.63, 3.8) is 0 Å². The molecule has 1 aromatic carbocycles. The Hall–Kier alpha value is -2.30. The Labute approximate surface area is 130 Å². The van der Waals surface area contributed by atoms with Crippen LogP contribution in [0.25, 0.3) is 0 Å². The first-order valence-corrected chi connectivity index (χ1v) is 7.85. The SMILES string of the molecule is CC(C(=O)Nc1cc(C2CCCC2)[nH]n1)c1ccc(N)cc1. The maximum Gasteiger partial charge on any atom is 0.232 e. The van der Waals surface area contributed by atoms with Crippen LogP contribution in [0.5, 0.6) is 0 Å². The van der Waals surface area contributed by atoms with Crippen LogP contribution in [0.2, 0.25) is 0 Å². The van der Waals surface area contributed by atoms with Crippen molar-refractivity contribution in [3.05, 3.63) is 41.6 Å². The van der Waals surface area contributed by atoms with E-state index in [9.17, 15) is 4.79 Å². The second kappa shape index (κ2) is 6.22. The maximum atomic E-state index is 12.3. The minimum Gasteiger partial charge on any atom is -0.399 e. The van der Waals surface area contributed by atoms with Gasteiger partial charge in [0.05, 0.1) is 5.92 Å². The summed E-state index contributed by atoms with van der Waals surface area (Å²) in [6.07, 6.45) is 4.97. The van der Waals surface area contributed by atoms with Gasteiger partial charge in [0.2, 0.25) is 5.91 Å². The zero-order valence-electron chi connectivity index (χ0n) is 12.8. The quantitative estimate of drug-likeness (QED) is 0.756. The first-order chi connectivity index (χ1) is 10.6. The van der Waals surface area contributed by atoms with Gasteiger partial charge in [-0.3, -0.25) is 9.89 Å². The number of H-pyrrole nitrogens is 1. The van der Waals surface area contributed by atoms with E-state index in [0.717, 1.165) is 11.3 Å². The van der Waals surface area contributed by atoms with Crippen molar-refractivity contribution in [2.24, 2.45) is 0 Å². The number of aromatic nitrogens is 2. The van der Waals surface area contributed by atoms with E-state index in [0.29, 0.717) is 17.4 Å². The molecule has 116 valence electrons. The van der Waals surface area contributed by atoms with Gasteiger partial charge in [0.25, 0.3) is 0 Å². The number of nitrogen functional groups attached to an aromatic ring is 1. The van der Waals surface area contributed by atoms with E-state index in [1.165, 1.54) is 25.7 Å². The summed E-state index contributed by atoms with van der Waals surface area (Å²) in [5, 5.41) is 10.2. The van der Waals surface area contributed by atoms with Gasteiger partial charge in [0.15, 0.2) is 5.82 Å². The third-order valence-electron chi connectivity index (χ3n) is 4.47. The second-order valence-electron chi connectivity index (χ2n) is 6.07. The standard InChI is InChI=1S/C17H22N4O/c1-11(12-6-8-14(18)9-7-12)17(22)19-16-10-15(20-21-16)13-4-2-3-5-13/h6-11,13H,2-5,18H2,1H3,(H2,19,20,21,22). The number of benzene rings is 1. The number of hydrogen-bond acceptors (Lipinski definition) is 3. The molecule has 22 heavy (non-hydrogen) atoms. The van der Waals surface area contributed by atoms with Crippen LogP contribution in [0.1, 0.15) is 55.7 Å². The largest absolute Gasteiger partial charge is 0.399 e. The van der Waals surface area contributed by atoms with E-state index in [1.54, 1.807) is 0 Å². The van der Waals surface area contributed by atoms with E-state index < -0.39 is 0 Å². The summed E-state index contributed by atoms with van der Waals surface area (Å²) in [6.45, 7) is 1.88. The van der Waals surface area contributed by atoms with E-state index in [2.05, 4.69) is 15.5 Å². The third kappa shape index (κ3) is 3.13. The molecule has 1 aliphatic rings. The van der Waals surface area contributed by atoms with Crippen LogP contribution in [0, 0.1) is 0 Å². The lowest BCUT2D eigenvalue weighted by Crippen LogP contribution is -2.19. The number of hydrogen-bond donors (Lipinski definition) is 3. The molecule has 5 nitrogen and oxygen atoms in total. The highest BCUT2D eigenvalue weighted by Gasteiger charge is 2.21. The van der Waals surface area contributed by atoms with Gasteiger partial charge >= 0.3 is 0 Å². The number of rotatable bonds is 4. The van der Waals surface area contributed by atoms with E-state index in [4.69, 9.17) is 5.73 Å². The van der Waals surface area contributed by atoms with Crippen molar-refractivity contribution in [1.29, 1.82) is 0 Å². The highest BCUT2D eigenvalue weighted by atomic mass is 16.1. The van der Waals surface area contributed by atoms with Crippen molar-refractivity contribution in [1.82, 2.24) is 10.2 Å². The molecule has 1 aromatic heterocycles. The first kappa shape index (κ1) is 14.6. The third-order valence-corrected chi connectivity index (χ3v) is 4.47. The van der Waals surface area contributed by atoms with Crippen molar-refractivity contribution in [2.45, 2.75) is 44.4 Å². The number of anilines is 2. The van der Waals surface area contributed by atoms with Gasteiger partial charge in [-0.05, 0) is 37.5 Å². The highest BCUT2D eigenvalue weighted by molar-refractivity contribution is 5.94. The molecule has 0 saturated heterocycles. The number of nitrogens with two attached hydrogens (primary N) is 1. The van der Waals surface area contributed by atoms with Gasteiger partial charge in [0, 0.05) is 23.4 Å². The molecular weight excluding hydrogens is 276 g/mol. The van der Waals surface area contributed by atoms with Crippen LogP contribution in [0.4, 0.5) is 11.5 Å². The van der Waals surface area contributed by atoms with Gasteiger partial charge < -0.3 is 11.1 Å². The Morgan fingerprint density at radius 3 is 2.68 bits per heavy atom. The molecule has 1 unspecified atom stereocenters. The first-order valence-electron chi connectivity index (χ1n) is 7.85. The summed E-state index contributed by atoms with van der Waals surface area (Å²) in [4.78, 5) is 12.3. The zero-order chi connectivity index (χ0) is 15.5. The monoisotopic (exact) mass is 298 g/mol. The Morgan fingerprint density at radius 1 is 1.32 bits per heavy atom. The molecule has 4 N–H and O–H groups in total. The molecule has 1 amide bonds. The second-order valence-corrected chi connectivity index (χ2v) is 6.07. The molecule has 1 atom stereocenters. The Bertz CT molecular complexity index is 641. The van der Waals surface area contributed by atoms with Crippen LogP contribution in [0.15, 0.2) is 30.3 Å². The average Bonchev–Trinajstić information content (AvgIpc) is 3.18. The van der Waals surface area contributed by atoms with Gasteiger partial charge in [-0.15, -0.1) is 0 Å². The molecule has 0 aliphatic heterocycles. The molecule has 0 bridgehead atoms. The van der Waals surface area contributed by atoms with Crippen LogP contribution in [0.3, 0.4) is 0 Å². The molecule has 1 saturated carbocycles. The highest BCUT2D eigenvalue weighted by Crippen LogP contribution is 2.33. The fraction of sp³-hybridized carbons (Fsp3) is 0.412. The Balaban J connectivity index is 1.64. The smallest absolute Gasteiger partial charge is 0.232 e. The molecule has 1 fully saturated rings. The van der Waals surface area contributed by atoms with Crippen molar-refractivity contribution < 1.29 is 4.79 Å². The van der Waals surface area contributed by atoms with E-state index >= 15 is 0 Å². The summed E-state index contributed by atoms with van der Waals surface area (Å²) in [5.41, 5.74) is 8.45. The topological polar surface area (TPSA) is 83.8 Å². The molecule has 5 heteroatoms. The van der Waals surface area contributed by atoms with Gasteiger partial charge in [-0.1, -0.05) is 25.0 Å².